The molecule has 0 saturated carbocycles. The van der Waals surface area contributed by atoms with Crippen molar-refractivity contribution in [2.24, 2.45) is 7.05 Å². The molecular weight excluding hydrogens is 206 g/mol. The van der Waals surface area contributed by atoms with Crippen LogP contribution in [0.3, 0.4) is 0 Å². The Morgan fingerprint density at radius 1 is 1.38 bits per heavy atom. The number of benzene rings is 1. The molecule has 0 saturated heterocycles. The number of hydrogen-bond donors (Lipinski definition) is 2. The van der Waals surface area contributed by atoms with E-state index in [-0.39, 0.29) is 12.6 Å². The summed E-state index contributed by atoms with van der Waals surface area (Å²) in [7, 11) is 1.74. The van der Waals surface area contributed by atoms with Crippen LogP contribution in [-0.4, -0.2) is 31.9 Å². The molecule has 0 bridgehead atoms. The second-order valence-electron chi connectivity index (χ2n) is 3.42. The van der Waals surface area contributed by atoms with Gasteiger partial charge >= 0.3 is 0 Å². The Morgan fingerprint density at radius 2 is 2.12 bits per heavy atom. The number of aliphatic hydroxyl groups is 1. The molecule has 1 aromatic carbocycles. The number of aryl methyl sites for hydroxylation is 1. The second-order valence-corrected chi connectivity index (χ2v) is 3.42. The SMILES string of the molecule is Cn1nnnc1NC(CO)c1ccccc1. The number of nitrogens with zero attached hydrogens (tertiary/aromatic N) is 4. The Bertz CT molecular complexity index is 441. The van der Waals surface area contributed by atoms with E-state index in [4.69, 9.17) is 0 Å². The summed E-state index contributed by atoms with van der Waals surface area (Å²) in [5.74, 6) is 0.530. The van der Waals surface area contributed by atoms with E-state index in [0.29, 0.717) is 5.95 Å². The maximum atomic E-state index is 9.33. The van der Waals surface area contributed by atoms with E-state index in [0.717, 1.165) is 5.56 Å². The van der Waals surface area contributed by atoms with Crippen LogP contribution in [0.4, 0.5) is 5.95 Å². The smallest absolute Gasteiger partial charge is 0.243 e. The van der Waals surface area contributed by atoms with Gasteiger partial charge < -0.3 is 10.4 Å². The van der Waals surface area contributed by atoms with E-state index < -0.39 is 0 Å². The quantitative estimate of drug-likeness (QED) is 0.776. The maximum absolute atomic E-state index is 9.33. The van der Waals surface area contributed by atoms with Gasteiger partial charge in [0.25, 0.3) is 0 Å². The molecule has 2 aromatic rings. The highest BCUT2D eigenvalue weighted by Crippen LogP contribution is 2.16. The molecule has 0 aliphatic carbocycles. The average Bonchev–Trinajstić information content (AvgIpc) is 2.73. The second kappa shape index (κ2) is 4.71. The maximum Gasteiger partial charge on any atom is 0.243 e. The first-order valence-electron chi connectivity index (χ1n) is 4.96. The summed E-state index contributed by atoms with van der Waals surface area (Å²) in [6.45, 7) is -0.0170. The third-order valence-corrected chi connectivity index (χ3v) is 2.31. The van der Waals surface area contributed by atoms with E-state index in [9.17, 15) is 5.11 Å². The van der Waals surface area contributed by atoms with Crippen molar-refractivity contribution < 1.29 is 5.11 Å². The molecule has 0 aliphatic heterocycles. The fraction of sp³-hybridized carbons (Fsp3) is 0.300. The number of aromatic nitrogens is 4. The summed E-state index contributed by atoms with van der Waals surface area (Å²) in [5, 5.41) is 23.4. The molecule has 0 amide bonds. The Labute approximate surface area is 92.9 Å². The minimum absolute atomic E-state index is 0.0170. The lowest BCUT2D eigenvalue weighted by Gasteiger charge is -2.16. The molecule has 84 valence electrons. The van der Waals surface area contributed by atoms with E-state index in [1.54, 1.807) is 7.05 Å². The zero-order chi connectivity index (χ0) is 11.4. The van der Waals surface area contributed by atoms with Crippen molar-refractivity contribution in [3.05, 3.63) is 35.9 Å². The van der Waals surface area contributed by atoms with Gasteiger partial charge in [0.05, 0.1) is 12.6 Å². The fourth-order valence-corrected chi connectivity index (χ4v) is 1.43. The van der Waals surface area contributed by atoms with Gasteiger partial charge in [0.2, 0.25) is 5.95 Å². The molecule has 1 atom stereocenters. The predicted molar refractivity (Wildman–Crippen MR) is 58.7 cm³/mol. The van der Waals surface area contributed by atoms with Crippen LogP contribution in [0.2, 0.25) is 0 Å². The predicted octanol–water partition coefficient (Wildman–Crippen LogP) is 0.356. The van der Waals surface area contributed by atoms with Gasteiger partial charge in [0, 0.05) is 7.05 Å². The molecule has 0 radical (unpaired) electrons. The van der Waals surface area contributed by atoms with Crippen molar-refractivity contribution in [2.75, 3.05) is 11.9 Å². The molecular formula is C10H13N5O. The molecule has 2 N–H and O–H groups in total. The van der Waals surface area contributed by atoms with Crippen molar-refractivity contribution >= 4 is 5.95 Å². The molecule has 0 aliphatic rings. The molecule has 0 fully saturated rings. The highest BCUT2D eigenvalue weighted by atomic mass is 16.3. The molecule has 6 nitrogen and oxygen atoms in total. The van der Waals surface area contributed by atoms with Gasteiger partial charge in [-0.25, -0.2) is 4.68 Å². The van der Waals surface area contributed by atoms with Crippen LogP contribution >= 0.6 is 0 Å². The summed E-state index contributed by atoms with van der Waals surface area (Å²) in [6.07, 6.45) is 0. The average molecular weight is 219 g/mol. The summed E-state index contributed by atoms with van der Waals surface area (Å²) < 4.78 is 1.52. The monoisotopic (exact) mass is 219 g/mol. The van der Waals surface area contributed by atoms with E-state index in [2.05, 4.69) is 20.8 Å². The highest BCUT2D eigenvalue weighted by molar-refractivity contribution is 5.30. The Morgan fingerprint density at radius 3 is 2.69 bits per heavy atom. The number of hydrogen-bond acceptors (Lipinski definition) is 5. The molecule has 1 unspecified atom stereocenters. The van der Waals surface area contributed by atoms with Gasteiger partial charge in [-0.3, -0.25) is 0 Å². The van der Waals surface area contributed by atoms with Crippen molar-refractivity contribution in [3.63, 3.8) is 0 Å². The van der Waals surface area contributed by atoms with Crippen LogP contribution < -0.4 is 5.32 Å². The van der Waals surface area contributed by atoms with Gasteiger partial charge in [-0.1, -0.05) is 35.4 Å². The number of tetrazole rings is 1. The lowest BCUT2D eigenvalue weighted by Crippen LogP contribution is -2.17. The normalized spacial score (nSPS) is 12.4. The summed E-state index contributed by atoms with van der Waals surface area (Å²) in [5.41, 5.74) is 0.994. The first-order chi connectivity index (χ1) is 7.81. The van der Waals surface area contributed by atoms with Crippen LogP contribution in [0.1, 0.15) is 11.6 Å². The van der Waals surface area contributed by atoms with Crippen molar-refractivity contribution in [1.29, 1.82) is 0 Å². The molecule has 1 aromatic heterocycles. The lowest BCUT2D eigenvalue weighted by molar-refractivity contribution is 0.275. The number of rotatable bonds is 4. The van der Waals surface area contributed by atoms with E-state index in [1.165, 1.54) is 4.68 Å². The zero-order valence-electron chi connectivity index (χ0n) is 8.91. The van der Waals surface area contributed by atoms with Gasteiger partial charge in [-0.2, -0.15) is 0 Å². The number of nitrogens with one attached hydrogen (secondary N) is 1. The number of aliphatic hydroxyl groups excluding tert-OH is 1. The van der Waals surface area contributed by atoms with Gasteiger partial charge in [-0.15, -0.1) is 0 Å². The molecule has 6 heteroatoms. The van der Waals surface area contributed by atoms with Gasteiger partial charge in [0.15, 0.2) is 0 Å². The zero-order valence-corrected chi connectivity index (χ0v) is 8.91. The van der Waals surface area contributed by atoms with Crippen LogP contribution in [0.25, 0.3) is 0 Å². The molecule has 2 rings (SSSR count). The summed E-state index contributed by atoms with van der Waals surface area (Å²) >= 11 is 0. The molecule has 1 heterocycles. The molecule has 16 heavy (non-hydrogen) atoms. The van der Waals surface area contributed by atoms with Crippen molar-refractivity contribution in [1.82, 2.24) is 20.2 Å². The summed E-state index contributed by atoms with van der Waals surface area (Å²) in [4.78, 5) is 0. The highest BCUT2D eigenvalue weighted by Gasteiger charge is 2.12. The van der Waals surface area contributed by atoms with Crippen LogP contribution in [0.15, 0.2) is 30.3 Å². The van der Waals surface area contributed by atoms with Crippen LogP contribution in [0, 0.1) is 0 Å². The number of anilines is 1. The Balaban J connectivity index is 2.16. The largest absolute Gasteiger partial charge is 0.394 e. The Hall–Kier alpha value is -1.95. The topological polar surface area (TPSA) is 75.9 Å². The van der Waals surface area contributed by atoms with Crippen LogP contribution in [0.5, 0.6) is 0 Å². The van der Waals surface area contributed by atoms with Crippen molar-refractivity contribution in [3.8, 4) is 0 Å². The minimum atomic E-state index is -0.203. The minimum Gasteiger partial charge on any atom is -0.394 e. The Kier molecular flexibility index (Phi) is 3.11. The van der Waals surface area contributed by atoms with Crippen molar-refractivity contribution in [2.45, 2.75) is 6.04 Å². The first-order valence-corrected chi connectivity index (χ1v) is 4.96. The van der Waals surface area contributed by atoms with Gasteiger partial charge in [0.1, 0.15) is 0 Å². The van der Waals surface area contributed by atoms with Gasteiger partial charge in [-0.05, 0) is 16.0 Å². The molecule has 0 spiro atoms. The van der Waals surface area contributed by atoms with E-state index >= 15 is 0 Å². The fourth-order valence-electron chi connectivity index (χ4n) is 1.43. The third-order valence-electron chi connectivity index (χ3n) is 2.31. The van der Waals surface area contributed by atoms with E-state index in [1.807, 2.05) is 30.3 Å². The third kappa shape index (κ3) is 2.17. The standard InChI is InChI=1S/C10H13N5O/c1-15-10(12-13-14-15)11-9(7-16)8-5-3-2-4-6-8/h2-6,9,16H,7H2,1H3,(H,11,12,14). The lowest BCUT2D eigenvalue weighted by atomic mass is 10.1. The van der Waals surface area contributed by atoms with Crippen LogP contribution in [-0.2, 0) is 7.05 Å². The first kappa shape index (κ1) is 10.6. The summed E-state index contributed by atoms with van der Waals surface area (Å²) in [6, 6.07) is 9.46.